The van der Waals surface area contributed by atoms with Crippen molar-refractivity contribution in [3.05, 3.63) is 56.7 Å². The van der Waals surface area contributed by atoms with Crippen molar-refractivity contribution in [2.45, 2.75) is 5.33 Å². The van der Waals surface area contributed by atoms with E-state index in [0.717, 1.165) is 15.8 Å². The average molecular weight is 439 g/mol. The minimum Gasteiger partial charge on any atom is -0.456 e. The van der Waals surface area contributed by atoms with Gasteiger partial charge in [-0.25, -0.2) is 4.39 Å². The summed E-state index contributed by atoms with van der Waals surface area (Å²) in [4.78, 5) is 0. The summed E-state index contributed by atoms with van der Waals surface area (Å²) < 4.78 is 20.3. The Balaban J connectivity index is 2.33. The van der Waals surface area contributed by atoms with Crippen molar-refractivity contribution in [2.75, 3.05) is 0 Å². The predicted molar refractivity (Wildman–Crippen MR) is 80.9 cm³/mol. The molecule has 0 radical (unpaired) electrons. The molecule has 0 aliphatic rings. The number of hydrogen-bond donors (Lipinski definition) is 0. The maximum Gasteiger partial charge on any atom is 0.141 e. The van der Waals surface area contributed by atoms with Crippen molar-refractivity contribution in [3.63, 3.8) is 0 Å². The first-order valence-electron chi connectivity index (χ1n) is 5.07. The Hall–Kier alpha value is -0.390. The molecule has 0 unspecified atom stereocenters. The van der Waals surface area contributed by atoms with Crippen molar-refractivity contribution in [2.24, 2.45) is 0 Å². The molecule has 94 valence electrons. The molecule has 0 aromatic heterocycles. The lowest BCUT2D eigenvalue weighted by atomic mass is 10.2. The first-order chi connectivity index (χ1) is 8.60. The van der Waals surface area contributed by atoms with Crippen LogP contribution in [0, 0.1) is 5.82 Å². The molecule has 0 atom stereocenters. The first-order valence-corrected chi connectivity index (χ1v) is 7.78. The number of ether oxygens (including phenoxy) is 1. The minimum atomic E-state index is -0.300. The zero-order valence-corrected chi connectivity index (χ0v) is 13.8. The molecule has 0 fully saturated rings. The highest BCUT2D eigenvalue weighted by atomic mass is 79.9. The molecule has 0 amide bonds. The van der Waals surface area contributed by atoms with Crippen molar-refractivity contribution >= 4 is 47.8 Å². The van der Waals surface area contributed by atoms with Crippen LogP contribution in [0.4, 0.5) is 4.39 Å². The SMILES string of the molecule is Fc1ccc(Oc2ccc(Br)cc2CBr)c(Br)c1. The highest BCUT2D eigenvalue weighted by Crippen LogP contribution is 2.33. The Labute approximate surface area is 130 Å². The van der Waals surface area contributed by atoms with Crippen LogP contribution in [0.15, 0.2) is 45.3 Å². The molecule has 0 bridgehead atoms. The second-order valence-electron chi connectivity index (χ2n) is 3.56. The van der Waals surface area contributed by atoms with Gasteiger partial charge in [0.05, 0.1) is 4.47 Å². The lowest BCUT2D eigenvalue weighted by Gasteiger charge is -2.11. The van der Waals surface area contributed by atoms with E-state index in [9.17, 15) is 4.39 Å². The molecule has 18 heavy (non-hydrogen) atoms. The van der Waals surface area contributed by atoms with Crippen LogP contribution in [-0.4, -0.2) is 0 Å². The predicted octanol–water partition coefficient (Wildman–Crippen LogP) is 6.04. The second kappa shape index (κ2) is 6.17. The molecule has 0 spiro atoms. The van der Waals surface area contributed by atoms with E-state index >= 15 is 0 Å². The Kier molecular flexibility index (Phi) is 4.81. The number of alkyl halides is 1. The molecular weight excluding hydrogens is 431 g/mol. The van der Waals surface area contributed by atoms with E-state index in [-0.39, 0.29) is 5.82 Å². The van der Waals surface area contributed by atoms with E-state index in [1.807, 2.05) is 18.2 Å². The van der Waals surface area contributed by atoms with E-state index in [0.29, 0.717) is 15.6 Å². The molecule has 0 saturated carbocycles. The molecule has 2 aromatic carbocycles. The zero-order valence-electron chi connectivity index (χ0n) is 9.09. The van der Waals surface area contributed by atoms with E-state index in [2.05, 4.69) is 47.8 Å². The molecule has 2 aromatic rings. The standard InChI is InChI=1S/C13H8Br3FO/c14-7-8-5-9(15)1-3-12(8)18-13-4-2-10(17)6-11(13)16/h1-6H,7H2. The first kappa shape index (κ1) is 14.0. The Morgan fingerprint density at radius 2 is 1.72 bits per heavy atom. The second-order valence-corrected chi connectivity index (χ2v) is 5.89. The van der Waals surface area contributed by atoms with Gasteiger partial charge in [0, 0.05) is 15.4 Å². The summed E-state index contributed by atoms with van der Waals surface area (Å²) in [5, 5.41) is 0.681. The van der Waals surface area contributed by atoms with Crippen molar-refractivity contribution < 1.29 is 9.13 Å². The highest BCUT2D eigenvalue weighted by molar-refractivity contribution is 9.11. The van der Waals surface area contributed by atoms with Crippen molar-refractivity contribution in [1.82, 2.24) is 0 Å². The van der Waals surface area contributed by atoms with E-state index < -0.39 is 0 Å². The molecule has 0 aliphatic carbocycles. The van der Waals surface area contributed by atoms with Gasteiger partial charge >= 0.3 is 0 Å². The minimum absolute atomic E-state index is 0.300. The van der Waals surface area contributed by atoms with E-state index in [1.54, 1.807) is 6.07 Å². The van der Waals surface area contributed by atoms with E-state index in [1.165, 1.54) is 12.1 Å². The Bertz CT molecular complexity index is 572. The molecule has 0 N–H and O–H groups in total. The van der Waals surface area contributed by atoms with Crippen LogP contribution >= 0.6 is 47.8 Å². The summed E-state index contributed by atoms with van der Waals surface area (Å²) in [6.45, 7) is 0. The van der Waals surface area contributed by atoms with Crippen LogP contribution in [0.2, 0.25) is 0 Å². The van der Waals surface area contributed by atoms with Crippen molar-refractivity contribution in [1.29, 1.82) is 0 Å². The largest absolute Gasteiger partial charge is 0.456 e. The smallest absolute Gasteiger partial charge is 0.141 e. The number of hydrogen-bond acceptors (Lipinski definition) is 1. The van der Waals surface area contributed by atoms with Crippen LogP contribution in [-0.2, 0) is 5.33 Å². The molecule has 2 rings (SSSR count). The van der Waals surface area contributed by atoms with Gasteiger partial charge in [0.1, 0.15) is 17.3 Å². The third-order valence-corrected chi connectivity index (χ3v) is 4.00. The van der Waals surface area contributed by atoms with Gasteiger partial charge in [0.2, 0.25) is 0 Å². The maximum atomic E-state index is 13.0. The highest BCUT2D eigenvalue weighted by Gasteiger charge is 2.08. The van der Waals surface area contributed by atoms with Gasteiger partial charge in [-0.1, -0.05) is 31.9 Å². The maximum absolute atomic E-state index is 13.0. The average Bonchev–Trinajstić information content (AvgIpc) is 2.34. The molecule has 0 heterocycles. The number of halogens is 4. The van der Waals surface area contributed by atoms with Crippen LogP contribution in [0.5, 0.6) is 11.5 Å². The lowest BCUT2D eigenvalue weighted by molar-refractivity contribution is 0.473. The summed E-state index contributed by atoms with van der Waals surface area (Å²) in [6, 6.07) is 10.1. The van der Waals surface area contributed by atoms with Crippen LogP contribution < -0.4 is 4.74 Å². The molecular formula is C13H8Br3FO. The van der Waals surface area contributed by atoms with Crippen LogP contribution in [0.3, 0.4) is 0 Å². The fourth-order valence-corrected chi connectivity index (χ4v) is 2.71. The Morgan fingerprint density at radius 1 is 1.00 bits per heavy atom. The summed E-state index contributed by atoms with van der Waals surface area (Å²) in [5.41, 5.74) is 1.01. The van der Waals surface area contributed by atoms with Crippen LogP contribution in [0.25, 0.3) is 0 Å². The Morgan fingerprint density at radius 3 is 2.39 bits per heavy atom. The molecule has 5 heteroatoms. The van der Waals surface area contributed by atoms with Gasteiger partial charge in [-0.15, -0.1) is 0 Å². The quantitative estimate of drug-likeness (QED) is 0.531. The zero-order chi connectivity index (χ0) is 13.1. The summed E-state index contributed by atoms with van der Waals surface area (Å²) in [6.07, 6.45) is 0. The van der Waals surface area contributed by atoms with Gasteiger partial charge in [0.25, 0.3) is 0 Å². The molecule has 0 saturated heterocycles. The van der Waals surface area contributed by atoms with Gasteiger partial charge in [-0.3, -0.25) is 0 Å². The van der Waals surface area contributed by atoms with Gasteiger partial charge in [0.15, 0.2) is 0 Å². The monoisotopic (exact) mass is 436 g/mol. The summed E-state index contributed by atoms with van der Waals surface area (Å²) in [5.74, 6) is 1.02. The van der Waals surface area contributed by atoms with Crippen molar-refractivity contribution in [3.8, 4) is 11.5 Å². The molecule has 1 nitrogen and oxygen atoms in total. The fraction of sp³-hybridized carbons (Fsp3) is 0.0769. The summed E-state index contributed by atoms with van der Waals surface area (Å²) in [7, 11) is 0. The van der Waals surface area contributed by atoms with Crippen LogP contribution in [0.1, 0.15) is 5.56 Å². The third-order valence-electron chi connectivity index (χ3n) is 2.28. The lowest BCUT2D eigenvalue weighted by Crippen LogP contribution is -1.91. The van der Waals surface area contributed by atoms with E-state index in [4.69, 9.17) is 4.74 Å². The number of rotatable bonds is 3. The topological polar surface area (TPSA) is 9.23 Å². The van der Waals surface area contributed by atoms with Gasteiger partial charge in [-0.05, 0) is 52.3 Å². The van der Waals surface area contributed by atoms with Gasteiger partial charge in [-0.2, -0.15) is 0 Å². The third kappa shape index (κ3) is 3.33. The van der Waals surface area contributed by atoms with Gasteiger partial charge < -0.3 is 4.74 Å². The number of benzene rings is 2. The molecule has 0 aliphatic heterocycles. The fourth-order valence-electron chi connectivity index (χ4n) is 1.43. The normalized spacial score (nSPS) is 10.4. The summed E-state index contributed by atoms with van der Waals surface area (Å²) >= 11 is 10.1.